The Labute approximate surface area is 97.7 Å². The van der Waals surface area contributed by atoms with Gasteiger partial charge in [-0.2, -0.15) is 0 Å². The molecule has 8 heteroatoms. The molecule has 0 heterocycles. The number of hydrogen-bond donors (Lipinski definition) is 4. The summed E-state index contributed by atoms with van der Waals surface area (Å²) in [4.78, 5) is 42.8. The lowest BCUT2D eigenvalue weighted by Crippen LogP contribution is -2.47. The van der Waals surface area contributed by atoms with Gasteiger partial charge in [0.1, 0.15) is 12.1 Å². The molecule has 0 radical (unpaired) electrons. The minimum atomic E-state index is -1.17. The molecule has 0 rings (SSSR count). The summed E-state index contributed by atoms with van der Waals surface area (Å²) in [6, 6.07) is -1.78. The highest BCUT2D eigenvalue weighted by Crippen LogP contribution is 1.82. The van der Waals surface area contributed by atoms with E-state index in [-0.39, 0.29) is 6.54 Å². The normalized spacial score (nSPS) is 13.1. The quantitative estimate of drug-likeness (QED) is 0.380. The fourth-order valence-corrected chi connectivity index (χ4v) is 0.852. The summed E-state index contributed by atoms with van der Waals surface area (Å²) in [6.45, 7) is 2.40. The van der Waals surface area contributed by atoms with Gasteiger partial charge in [0.25, 0.3) is 0 Å². The molecule has 0 aliphatic carbocycles. The van der Waals surface area contributed by atoms with Crippen molar-refractivity contribution in [3.8, 4) is 0 Å². The third-order valence-electron chi connectivity index (χ3n) is 1.88. The molecular formula is C9H15N3O5. The van der Waals surface area contributed by atoms with Crippen molar-refractivity contribution in [3.05, 3.63) is 0 Å². The van der Waals surface area contributed by atoms with Crippen molar-refractivity contribution in [2.45, 2.75) is 25.9 Å². The summed E-state index contributed by atoms with van der Waals surface area (Å²) in [6.07, 6.45) is 0.372. The lowest BCUT2D eigenvalue weighted by Gasteiger charge is -2.12. The van der Waals surface area contributed by atoms with Crippen LogP contribution in [-0.2, 0) is 19.2 Å². The predicted molar refractivity (Wildman–Crippen MR) is 56.9 cm³/mol. The maximum Gasteiger partial charge on any atom is 0.325 e. The van der Waals surface area contributed by atoms with Crippen molar-refractivity contribution in [1.29, 1.82) is 0 Å². The maximum absolute atomic E-state index is 11.2. The van der Waals surface area contributed by atoms with Gasteiger partial charge >= 0.3 is 5.97 Å². The van der Waals surface area contributed by atoms with Crippen LogP contribution in [0.5, 0.6) is 0 Å². The smallest absolute Gasteiger partial charge is 0.325 e. The van der Waals surface area contributed by atoms with Crippen LogP contribution in [0.1, 0.15) is 13.8 Å². The molecule has 0 spiro atoms. The highest BCUT2D eigenvalue weighted by atomic mass is 16.4. The van der Waals surface area contributed by atoms with E-state index in [9.17, 15) is 19.2 Å². The summed E-state index contributed by atoms with van der Waals surface area (Å²) >= 11 is 0. The Morgan fingerprint density at radius 2 is 1.82 bits per heavy atom. The van der Waals surface area contributed by atoms with E-state index < -0.39 is 29.9 Å². The van der Waals surface area contributed by atoms with E-state index in [2.05, 4.69) is 16.0 Å². The van der Waals surface area contributed by atoms with Gasteiger partial charge in [-0.05, 0) is 13.8 Å². The second kappa shape index (κ2) is 7.20. The first-order valence-corrected chi connectivity index (χ1v) is 4.88. The SMILES string of the molecule is CC(NC(=O)CNC(=O)C(C)NC=O)C(=O)O. The van der Waals surface area contributed by atoms with E-state index >= 15 is 0 Å². The van der Waals surface area contributed by atoms with Gasteiger partial charge in [0.15, 0.2) is 0 Å². The van der Waals surface area contributed by atoms with Crippen molar-refractivity contribution in [3.63, 3.8) is 0 Å². The molecule has 0 aromatic rings. The Morgan fingerprint density at radius 3 is 2.29 bits per heavy atom. The number of nitrogens with one attached hydrogen (secondary N) is 3. The van der Waals surface area contributed by atoms with Crippen molar-refractivity contribution in [1.82, 2.24) is 16.0 Å². The van der Waals surface area contributed by atoms with Crippen LogP contribution in [0, 0.1) is 0 Å². The molecule has 8 nitrogen and oxygen atoms in total. The zero-order valence-corrected chi connectivity index (χ0v) is 9.52. The van der Waals surface area contributed by atoms with Gasteiger partial charge in [0.2, 0.25) is 18.2 Å². The number of carbonyl (C=O) groups excluding carboxylic acids is 3. The second-order valence-corrected chi connectivity index (χ2v) is 3.35. The largest absolute Gasteiger partial charge is 0.480 e. The summed E-state index contributed by atoms with van der Waals surface area (Å²) in [5.74, 6) is -2.32. The molecule has 0 saturated carbocycles. The van der Waals surface area contributed by atoms with Crippen molar-refractivity contribution < 1.29 is 24.3 Å². The fraction of sp³-hybridized carbons (Fsp3) is 0.556. The monoisotopic (exact) mass is 245 g/mol. The Balaban J connectivity index is 3.95. The third-order valence-corrected chi connectivity index (χ3v) is 1.88. The Morgan fingerprint density at radius 1 is 1.24 bits per heavy atom. The molecule has 4 N–H and O–H groups in total. The number of carboxylic acids is 1. The van der Waals surface area contributed by atoms with E-state index in [1.54, 1.807) is 0 Å². The third kappa shape index (κ3) is 6.13. The van der Waals surface area contributed by atoms with Gasteiger partial charge in [0, 0.05) is 0 Å². The molecule has 0 bridgehead atoms. The first kappa shape index (κ1) is 14.9. The molecule has 0 fully saturated rings. The minimum absolute atomic E-state index is 0.346. The van der Waals surface area contributed by atoms with Crippen LogP contribution in [0.25, 0.3) is 0 Å². The second-order valence-electron chi connectivity index (χ2n) is 3.35. The molecule has 0 aliphatic heterocycles. The van der Waals surface area contributed by atoms with Gasteiger partial charge in [-0.25, -0.2) is 0 Å². The molecule has 0 aromatic carbocycles. The predicted octanol–water partition coefficient (Wildman–Crippen LogP) is -2.17. The fourth-order valence-electron chi connectivity index (χ4n) is 0.852. The molecule has 96 valence electrons. The van der Waals surface area contributed by atoms with Crippen LogP contribution in [0.15, 0.2) is 0 Å². The molecule has 0 aliphatic rings. The Kier molecular flexibility index (Phi) is 6.30. The first-order valence-electron chi connectivity index (χ1n) is 4.88. The lowest BCUT2D eigenvalue weighted by molar-refractivity contribution is -0.141. The number of hydrogen-bond acceptors (Lipinski definition) is 4. The Bertz CT molecular complexity index is 318. The van der Waals surface area contributed by atoms with E-state index in [1.807, 2.05) is 0 Å². The van der Waals surface area contributed by atoms with Gasteiger partial charge in [-0.3, -0.25) is 19.2 Å². The van der Waals surface area contributed by atoms with Crippen LogP contribution >= 0.6 is 0 Å². The zero-order chi connectivity index (χ0) is 13.4. The average molecular weight is 245 g/mol. The molecular weight excluding hydrogens is 230 g/mol. The Hall–Kier alpha value is -2.12. The van der Waals surface area contributed by atoms with E-state index in [0.29, 0.717) is 6.41 Å². The average Bonchev–Trinajstić information content (AvgIpc) is 2.25. The van der Waals surface area contributed by atoms with Crippen LogP contribution in [0.4, 0.5) is 0 Å². The van der Waals surface area contributed by atoms with Crippen molar-refractivity contribution in [2.24, 2.45) is 0 Å². The topological polar surface area (TPSA) is 125 Å². The standard InChI is InChI=1S/C9H15N3O5/c1-5(11-4-13)8(15)10-3-7(14)12-6(2)9(16)17/h4-6H,3H2,1-2H3,(H,10,15)(H,11,13)(H,12,14)(H,16,17). The minimum Gasteiger partial charge on any atom is -0.480 e. The summed E-state index contributed by atoms with van der Waals surface area (Å²) in [5.41, 5.74) is 0. The van der Waals surface area contributed by atoms with E-state index in [1.165, 1.54) is 13.8 Å². The summed E-state index contributed by atoms with van der Waals surface area (Å²) in [7, 11) is 0. The highest BCUT2D eigenvalue weighted by molar-refractivity contribution is 5.89. The van der Waals surface area contributed by atoms with Gasteiger partial charge in [-0.15, -0.1) is 0 Å². The van der Waals surface area contributed by atoms with E-state index in [0.717, 1.165) is 0 Å². The molecule has 2 unspecified atom stereocenters. The van der Waals surface area contributed by atoms with Crippen LogP contribution in [0.2, 0.25) is 0 Å². The number of carboxylic acid groups (broad SMARTS) is 1. The molecule has 3 amide bonds. The molecule has 0 aromatic heterocycles. The van der Waals surface area contributed by atoms with Crippen LogP contribution < -0.4 is 16.0 Å². The van der Waals surface area contributed by atoms with Gasteiger partial charge in [0.05, 0.1) is 6.54 Å². The molecule has 17 heavy (non-hydrogen) atoms. The molecule has 2 atom stereocenters. The van der Waals surface area contributed by atoms with Gasteiger partial charge in [-0.1, -0.05) is 0 Å². The van der Waals surface area contributed by atoms with Crippen molar-refractivity contribution in [2.75, 3.05) is 6.54 Å². The number of rotatable bonds is 7. The molecule has 0 saturated heterocycles. The number of amides is 3. The lowest BCUT2D eigenvalue weighted by atomic mass is 10.3. The van der Waals surface area contributed by atoms with E-state index in [4.69, 9.17) is 5.11 Å². The van der Waals surface area contributed by atoms with Crippen LogP contribution in [0.3, 0.4) is 0 Å². The highest BCUT2D eigenvalue weighted by Gasteiger charge is 2.16. The summed E-state index contributed by atoms with van der Waals surface area (Å²) in [5, 5.41) is 15.1. The number of aliphatic carboxylic acids is 1. The number of carbonyl (C=O) groups is 4. The van der Waals surface area contributed by atoms with Gasteiger partial charge < -0.3 is 21.1 Å². The zero-order valence-electron chi connectivity index (χ0n) is 9.52. The first-order chi connectivity index (χ1) is 7.88. The van der Waals surface area contributed by atoms with Crippen LogP contribution in [-0.4, -0.2) is 47.9 Å². The maximum atomic E-state index is 11.2. The van der Waals surface area contributed by atoms with Crippen molar-refractivity contribution >= 4 is 24.2 Å². The summed E-state index contributed by atoms with van der Waals surface area (Å²) < 4.78 is 0.